The zero-order valence-corrected chi connectivity index (χ0v) is 27.7. The Morgan fingerprint density at radius 1 is 1.00 bits per heavy atom. The number of para-hydroxylation sites is 1. The number of amides is 1. The van der Waals surface area contributed by atoms with Crippen LogP contribution in [0.1, 0.15) is 56.5 Å². The maximum Gasteiger partial charge on any atom is 0.256 e. The Morgan fingerprint density at radius 2 is 1.70 bits per heavy atom. The monoisotopic (exact) mass is 664 g/mol. The molecule has 3 aromatic heterocycles. The van der Waals surface area contributed by atoms with Gasteiger partial charge in [-0.1, -0.05) is 12.1 Å². The van der Waals surface area contributed by atoms with Crippen LogP contribution in [0.3, 0.4) is 0 Å². The van der Waals surface area contributed by atoms with E-state index in [0.29, 0.717) is 27.9 Å². The van der Waals surface area contributed by atoms with E-state index >= 15 is 8.78 Å². The van der Waals surface area contributed by atoms with Crippen LogP contribution in [0.2, 0.25) is 0 Å². The minimum Gasteiger partial charge on any atom is -0.351 e. The fourth-order valence-electron chi connectivity index (χ4n) is 6.46. The van der Waals surface area contributed by atoms with E-state index in [4.69, 9.17) is 9.97 Å². The molecule has 1 saturated heterocycles. The molecule has 240 valence electrons. The highest BCUT2D eigenvalue weighted by Crippen LogP contribution is 2.35. The van der Waals surface area contributed by atoms with Gasteiger partial charge in [-0.15, -0.1) is 12.4 Å². The van der Waals surface area contributed by atoms with Gasteiger partial charge in [0.05, 0.1) is 11.3 Å². The lowest BCUT2D eigenvalue weighted by Gasteiger charge is -2.46. The number of aromatic nitrogens is 3. The van der Waals surface area contributed by atoms with Crippen LogP contribution in [0.25, 0.3) is 28.0 Å². The number of piperidine rings is 1. The van der Waals surface area contributed by atoms with Crippen molar-refractivity contribution < 1.29 is 13.6 Å². The first-order valence-corrected chi connectivity index (χ1v) is 15.6. The van der Waals surface area contributed by atoms with Crippen molar-refractivity contribution in [3.63, 3.8) is 0 Å². The van der Waals surface area contributed by atoms with E-state index in [2.05, 4.69) is 43.6 Å². The van der Waals surface area contributed by atoms with Gasteiger partial charge in [0, 0.05) is 45.2 Å². The average Bonchev–Trinajstić information content (AvgIpc) is 3.48. The molecule has 5 aromatic rings. The van der Waals surface area contributed by atoms with Crippen LogP contribution in [-0.4, -0.2) is 37.6 Å². The molecule has 0 bridgehead atoms. The van der Waals surface area contributed by atoms with Gasteiger partial charge in [0.15, 0.2) is 5.65 Å². The number of pyridine rings is 1. The predicted octanol–water partition coefficient (Wildman–Crippen LogP) is 7.49. The van der Waals surface area contributed by atoms with Crippen molar-refractivity contribution in [2.24, 2.45) is 0 Å². The van der Waals surface area contributed by atoms with Crippen LogP contribution in [-0.2, 0) is 0 Å². The van der Waals surface area contributed by atoms with Crippen LogP contribution in [0.15, 0.2) is 70.2 Å². The van der Waals surface area contributed by atoms with Crippen molar-refractivity contribution in [3.8, 4) is 16.9 Å². The molecule has 1 aliphatic rings. The molecule has 12 heteroatoms. The van der Waals surface area contributed by atoms with Gasteiger partial charge < -0.3 is 16.0 Å². The molecule has 0 unspecified atom stereocenters. The number of carbonyl (C=O) groups excluding carboxylic acids is 1. The van der Waals surface area contributed by atoms with E-state index < -0.39 is 22.9 Å². The highest BCUT2D eigenvalue weighted by molar-refractivity contribution is 7.08. The maximum absolute atomic E-state index is 15.2. The first-order chi connectivity index (χ1) is 21.3. The fourth-order valence-corrected chi connectivity index (χ4v) is 7.10. The van der Waals surface area contributed by atoms with Crippen LogP contribution >= 0.6 is 23.7 Å². The van der Waals surface area contributed by atoms with E-state index in [1.165, 1.54) is 23.5 Å². The van der Waals surface area contributed by atoms with Gasteiger partial charge in [-0.25, -0.2) is 13.8 Å². The largest absolute Gasteiger partial charge is 0.351 e. The summed E-state index contributed by atoms with van der Waals surface area (Å²) >= 11 is 1.43. The van der Waals surface area contributed by atoms with Gasteiger partial charge in [0.1, 0.15) is 17.3 Å². The van der Waals surface area contributed by atoms with Crippen LogP contribution < -0.4 is 21.5 Å². The molecule has 46 heavy (non-hydrogen) atoms. The number of benzene rings is 2. The lowest BCUT2D eigenvalue weighted by Crippen LogP contribution is -2.60. The van der Waals surface area contributed by atoms with Crippen LogP contribution in [0, 0.1) is 18.6 Å². The molecule has 4 heterocycles. The highest BCUT2D eigenvalue weighted by atomic mass is 35.5. The average molecular weight is 665 g/mol. The second-order valence-corrected chi connectivity index (χ2v) is 13.6. The molecule has 0 radical (unpaired) electrons. The molecule has 3 N–H and O–H groups in total. The van der Waals surface area contributed by atoms with Gasteiger partial charge in [0.25, 0.3) is 11.5 Å². The normalized spacial score (nSPS) is 15.7. The number of nitrogens with one attached hydrogen (secondary N) is 3. The first-order valence-electron chi connectivity index (χ1n) is 14.7. The number of halogens is 3. The Morgan fingerprint density at radius 3 is 2.35 bits per heavy atom. The SMILES string of the molecule is Cc1ccc(NC(=O)c2ccsc2)cc1-c1nc(NC2CC(C)(C)NC(C)(C)C2)nc2c1ccc(=O)n2-c1c(F)cccc1F.Cl. The van der Waals surface area contributed by atoms with Gasteiger partial charge >= 0.3 is 0 Å². The van der Waals surface area contributed by atoms with Crippen molar-refractivity contribution in [1.29, 1.82) is 0 Å². The molecule has 0 aliphatic carbocycles. The zero-order valence-electron chi connectivity index (χ0n) is 26.1. The van der Waals surface area contributed by atoms with Gasteiger partial charge in [-0.2, -0.15) is 16.3 Å². The topological polar surface area (TPSA) is 101 Å². The number of hydrogen-bond acceptors (Lipinski definition) is 7. The van der Waals surface area contributed by atoms with E-state index in [1.54, 1.807) is 29.6 Å². The Kier molecular flexibility index (Phi) is 9.05. The summed E-state index contributed by atoms with van der Waals surface area (Å²) in [6.45, 7) is 10.4. The highest BCUT2D eigenvalue weighted by Gasteiger charge is 2.38. The number of rotatable bonds is 6. The van der Waals surface area contributed by atoms with E-state index in [1.807, 2.05) is 18.4 Å². The van der Waals surface area contributed by atoms with Crippen molar-refractivity contribution >= 4 is 52.3 Å². The summed E-state index contributed by atoms with van der Waals surface area (Å²) < 4.78 is 31.3. The summed E-state index contributed by atoms with van der Waals surface area (Å²) in [5.74, 6) is -1.81. The van der Waals surface area contributed by atoms with Gasteiger partial charge in [-0.05, 0) is 94.8 Å². The third-order valence-corrected chi connectivity index (χ3v) is 8.65. The molecule has 0 spiro atoms. The lowest BCUT2D eigenvalue weighted by atomic mass is 9.80. The third-order valence-electron chi connectivity index (χ3n) is 7.97. The summed E-state index contributed by atoms with van der Waals surface area (Å²) in [4.78, 5) is 35.8. The number of fused-ring (bicyclic) bond motifs is 1. The van der Waals surface area contributed by atoms with Crippen molar-refractivity contribution in [3.05, 3.63) is 98.5 Å². The molecule has 1 amide bonds. The first kappa shape index (κ1) is 33.2. The van der Waals surface area contributed by atoms with E-state index in [0.717, 1.165) is 35.1 Å². The Labute approximate surface area is 275 Å². The number of nitrogens with zero attached hydrogens (tertiary/aromatic N) is 3. The minimum atomic E-state index is -0.893. The summed E-state index contributed by atoms with van der Waals surface area (Å²) in [7, 11) is 0. The minimum absolute atomic E-state index is 0. The third kappa shape index (κ3) is 6.67. The van der Waals surface area contributed by atoms with Crippen LogP contribution in [0.4, 0.5) is 20.4 Å². The molecular formula is C34H35ClF2N6O2S. The molecule has 2 aromatic carbocycles. The molecule has 1 fully saturated rings. The number of aryl methyl sites for hydroxylation is 1. The molecule has 0 saturated carbocycles. The summed E-state index contributed by atoms with van der Waals surface area (Å²) in [6.07, 6.45) is 1.53. The number of thiophene rings is 1. The Hall–Kier alpha value is -4.19. The van der Waals surface area contributed by atoms with Crippen molar-refractivity contribution in [2.75, 3.05) is 10.6 Å². The molecule has 8 nitrogen and oxygen atoms in total. The van der Waals surface area contributed by atoms with E-state index in [9.17, 15) is 9.59 Å². The zero-order chi connectivity index (χ0) is 32.1. The second kappa shape index (κ2) is 12.5. The molecular weight excluding hydrogens is 630 g/mol. The molecule has 0 atom stereocenters. The standard InChI is InChI=1S/C34H34F2N6O2S.ClH/c1-19-9-10-21(37-31(44)20-13-14-45-18-20)15-24(19)28-23-11-12-27(43)42(29-25(35)7-6-8-26(29)36)30(23)40-32(39-28)38-22-16-33(2,3)41-34(4,5)17-22;/h6-15,18,22,41H,16-17H2,1-5H3,(H,37,44)(H,38,39,40);1H. The smallest absolute Gasteiger partial charge is 0.256 e. The van der Waals surface area contributed by atoms with Crippen molar-refractivity contribution in [2.45, 2.75) is 64.6 Å². The quantitative estimate of drug-likeness (QED) is 0.174. The van der Waals surface area contributed by atoms with Gasteiger partial charge in [-0.3, -0.25) is 14.2 Å². The number of hydrogen-bond donors (Lipinski definition) is 3. The summed E-state index contributed by atoms with van der Waals surface area (Å²) in [5, 5.41) is 14.1. The fraction of sp³-hybridized carbons (Fsp3) is 0.294. The van der Waals surface area contributed by atoms with E-state index in [-0.39, 0.29) is 47.0 Å². The number of carbonyl (C=O) groups is 1. The van der Waals surface area contributed by atoms with Crippen LogP contribution in [0.5, 0.6) is 0 Å². The molecule has 1 aliphatic heterocycles. The lowest BCUT2D eigenvalue weighted by molar-refractivity contribution is 0.102. The second-order valence-electron chi connectivity index (χ2n) is 12.8. The van der Waals surface area contributed by atoms with Gasteiger partial charge in [0.2, 0.25) is 5.95 Å². The Bertz CT molecular complexity index is 1960. The Balaban J connectivity index is 0.00000417. The summed E-state index contributed by atoms with van der Waals surface area (Å²) in [5.41, 5.74) is 1.59. The maximum atomic E-state index is 15.2. The predicted molar refractivity (Wildman–Crippen MR) is 183 cm³/mol. The van der Waals surface area contributed by atoms with Crippen molar-refractivity contribution in [1.82, 2.24) is 19.9 Å². The number of anilines is 2. The molecule has 6 rings (SSSR count). The summed E-state index contributed by atoms with van der Waals surface area (Å²) in [6, 6.07) is 13.5.